The van der Waals surface area contributed by atoms with Crippen molar-refractivity contribution in [3.8, 4) is 0 Å². The first-order chi connectivity index (χ1) is 8.51. The fourth-order valence-corrected chi connectivity index (χ4v) is 2.52. The van der Waals surface area contributed by atoms with Gasteiger partial charge in [0, 0.05) is 6.42 Å². The zero-order chi connectivity index (χ0) is 14.0. The second-order valence-electron chi connectivity index (χ2n) is 4.27. The van der Waals surface area contributed by atoms with E-state index < -0.39 is 15.4 Å². The number of carbonyl (C=O) groups excluding carboxylic acids is 2. The van der Waals surface area contributed by atoms with Crippen LogP contribution < -0.4 is 0 Å². The van der Waals surface area contributed by atoms with E-state index in [4.69, 9.17) is 4.18 Å². The van der Waals surface area contributed by atoms with Crippen molar-refractivity contribution in [3.63, 3.8) is 0 Å². The first-order valence-electron chi connectivity index (χ1n) is 6.28. The first-order valence-corrected chi connectivity index (χ1v) is 7.76. The van der Waals surface area contributed by atoms with Gasteiger partial charge in [0.2, 0.25) is 0 Å². The Morgan fingerprint density at radius 1 is 1.21 bits per heavy atom. The van der Waals surface area contributed by atoms with Crippen LogP contribution in [0.4, 0.5) is 0 Å². The number of unbranched alkanes of at least 4 members (excludes halogenated alkanes) is 1. The van der Waals surface area contributed by atoms with E-state index in [0.29, 0.717) is 6.29 Å². The maximum absolute atomic E-state index is 11.6. The van der Waals surface area contributed by atoms with Gasteiger partial charge >= 0.3 is 29.6 Å². The molecule has 5 nitrogen and oxygen atoms in total. The van der Waals surface area contributed by atoms with E-state index >= 15 is 0 Å². The molecular weight excluding hydrogens is 279 g/mol. The Labute approximate surface area is 137 Å². The molecule has 108 valence electrons. The van der Waals surface area contributed by atoms with Crippen molar-refractivity contribution in [2.24, 2.45) is 5.92 Å². The van der Waals surface area contributed by atoms with Gasteiger partial charge < -0.3 is 9.59 Å². The zero-order valence-corrected chi connectivity index (χ0v) is 11.8. The van der Waals surface area contributed by atoms with Crippen molar-refractivity contribution in [3.05, 3.63) is 0 Å². The van der Waals surface area contributed by atoms with Gasteiger partial charge in [0.25, 0.3) is 10.1 Å². The van der Waals surface area contributed by atoms with Crippen LogP contribution in [0.1, 0.15) is 46.0 Å². The third kappa shape index (κ3) is 8.92. The number of hydrogen-bond acceptors (Lipinski definition) is 5. The Bertz CT molecular complexity index is 342. The molecule has 0 aromatic rings. The normalized spacial score (nSPS) is 14.2. The molecule has 19 heavy (non-hydrogen) atoms. The van der Waals surface area contributed by atoms with Crippen molar-refractivity contribution in [1.29, 1.82) is 0 Å². The predicted molar refractivity (Wildman–Crippen MR) is 75.9 cm³/mol. The fourth-order valence-electron chi connectivity index (χ4n) is 1.51. The number of rotatable bonds is 11. The minimum absolute atomic E-state index is 0. The van der Waals surface area contributed by atoms with Crippen LogP contribution in [-0.2, 0) is 23.9 Å². The Balaban J connectivity index is 0. The van der Waals surface area contributed by atoms with Gasteiger partial charge in [-0.05, 0) is 12.3 Å². The fraction of sp³-hybridized carbons (Fsp3) is 0.833. The molecule has 0 aliphatic heterocycles. The molecule has 2 atom stereocenters. The summed E-state index contributed by atoms with van der Waals surface area (Å²) in [5, 5.41) is -1.38. The van der Waals surface area contributed by atoms with E-state index in [0.717, 1.165) is 25.7 Å². The molecule has 0 radical (unpaired) electrons. The summed E-state index contributed by atoms with van der Waals surface area (Å²) in [5.74, 6) is 0.170. The van der Waals surface area contributed by atoms with Crippen LogP contribution >= 0.6 is 0 Å². The van der Waals surface area contributed by atoms with Crippen molar-refractivity contribution in [1.82, 2.24) is 0 Å². The Hall–Kier alpha value is 0.250. The minimum atomic E-state index is -3.96. The monoisotopic (exact) mass is 302 g/mol. The average molecular weight is 302 g/mol. The van der Waals surface area contributed by atoms with E-state index in [-0.39, 0.29) is 54.8 Å². The summed E-state index contributed by atoms with van der Waals surface area (Å²) < 4.78 is 28.1. The Kier molecular flexibility index (Phi) is 13.6. The summed E-state index contributed by atoms with van der Waals surface area (Å²) in [6.45, 7) is 4.12. The summed E-state index contributed by atoms with van der Waals surface area (Å²) in [4.78, 5) is 20.9. The van der Waals surface area contributed by atoms with Gasteiger partial charge in [-0.1, -0.05) is 33.1 Å². The molecule has 7 heteroatoms. The number of aldehydes is 2. The van der Waals surface area contributed by atoms with Gasteiger partial charge in [-0.25, -0.2) is 0 Å². The molecule has 0 aliphatic carbocycles. The average Bonchev–Trinajstić information content (AvgIpc) is 2.36. The van der Waals surface area contributed by atoms with Crippen LogP contribution in [-0.4, -0.2) is 62.4 Å². The third-order valence-corrected chi connectivity index (χ3v) is 4.37. The topological polar surface area (TPSA) is 77.5 Å². The molecule has 0 aromatic heterocycles. The molecule has 0 aromatic carbocycles. The molecule has 0 spiro atoms. The molecule has 0 saturated carbocycles. The Morgan fingerprint density at radius 3 is 2.26 bits per heavy atom. The predicted octanol–water partition coefficient (Wildman–Crippen LogP) is 1.06. The van der Waals surface area contributed by atoms with E-state index in [2.05, 4.69) is 6.92 Å². The van der Waals surface area contributed by atoms with Gasteiger partial charge in [0.15, 0.2) is 0 Å². The van der Waals surface area contributed by atoms with Crippen molar-refractivity contribution < 1.29 is 22.2 Å². The van der Waals surface area contributed by atoms with Gasteiger partial charge in [0.1, 0.15) is 17.8 Å². The van der Waals surface area contributed by atoms with Crippen molar-refractivity contribution in [2.45, 2.75) is 51.2 Å². The standard InChI is InChI=1S/C12H22O5S.Na.H/c1-3-5-6-11(4-2)10-17-18(15,16)12(9-14)7-8-13;;/h8-9,11-12H,3-7,10H2,1-2H3;;. The van der Waals surface area contributed by atoms with E-state index in [1.807, 2.05) is 6.92 Å². The Morgan fingerprint density at radius 2 is 1.84 bits per heavy atom. The van der Waals surface area contributed by atoms with Crippen LogP contribution in [0.5, 0.6) is 0 Å². The molecule has 0 saturated heterocycles. The molecule has 0 amide bonds. The van der Waals surface area contributed by atoms with Crippen molar-refractivity contribution >= 4 is 52.2 Å². The quantitative estimate of drug-likeness (QED) is 0.324. The summed E-state index contributed by atoms with van der Waals surface area (Å²) >= 11 is 0. The van der Waals surface area contributed by atoms with E-state index in [1.165, 1.54) is 0 Å². The van der Waals surface area contributed by atoms with Crippen LogP contribution in [0.3, 0.4) is 0 Å². The molecule has 2 unspecified atom stereocenters. The molecule has 0 rings (SSSR count). The third-order valence-electron chi connectivity index (χ3n) is 2.86. The zero-order valence-electron chi connectivity index (χ0n) is 11.0. The van der Waals surface area contributed by atoms with Crippen LogP contribution in [0.2, 0.25) is 0 Å². The SMILES string of the molecule is CCCCC(CC)COS(=O)(=O)C(C=O)CC=O.[NaH]. The summed E-state index contributed by atoms with van der Waals surface area (Å²) in [5.41, 5.74) is 0. The summed E-state index contributed by atoms with van der Waals surface area (Å²) in [7, 11) is -3.96. The molecule has 0 fully saturated rings. The molecule has 0 bridgehead atoms. The molecule has 0 N–H and O–H groups in total. The van der Waals surface area contributed by atoms with Gasteiger partial charge in [0.05, 0.1) is 6.61 Å². The van der Waals surface area contributed by atoms with Crippen molar-refractivity contribution in [2.75, 3.05) is 6.61 Å². The molecule has 0 heterocycles. The van der Waals surface area contributed by atoms with Gasteiger partial charge in [-0.2, -0.15) is 8.42 Å². The second-order valence-corrected chi connectivity index (χ2v) is 6.10. The molecule has 0 aliphatic rings. The van der Waals surface area contributed by atoms with Crippen LogP contribution in [0.15, 0.2) is 0 Å². The summed E-state index contributed by atoms with van der Waals surface area (Å²) in [6, 6.07) is 0. The van der Waals surface area contributed by atoms with Crippen LogP contribution in [0.25, 0.3) is 0 Å². The molecular formula is C12H23NaO5S. The number of hydrogen-bond donors (Lipinski definition) is 0. The first kappa shape index (κ1) is 21.5. The number of carbonyl (C=O) groups is 2. The second kappa shape index (κ2) is 12.0. The van der Waals surface area contributed by atoms with Crippen LogP contribution in [0, 0.1) is 5.92 Å². The summed E-state index contributed by atoms with van der Waals surface area (Å²) in [6.07, 6.45) is 4.11. The van der Waals surface area contributed by atoms with Gasteiger partial charge in [-0.3, -0.25) is 4.18 Å². The van der Waals surface area contributed by atoms with E-state index in [9.17, 15) is 18.0 Å². The van der Waals surface area contributed by atoms with E-state index in [1.54, 1.807) is 0 Å². The van der Waals surface area contributed by atoms with Gasteiger partial charge in [-0.15, -0.1) is 0 Å². The maximum atomic E-state index is 11.6.